The zero-order chi connectivity index (χ0) is 13.1. The maximum atomic E-state index is 13.6. The minimum Gasteiger partial charge on any atom is -0.478 e. The van der Waals surface area contributed by atoms with E-state index in [4.69, 9.17) is 5.11 Å². The monoisotopic (exact) mass is 244 g/mol. The van der Waals surface area contributed by atoms with Gasteiger partial charge in [-0.3, -0.25) is 0 Å². The number of carboxylic acids is 1. The summed E-state index contributed by atoms with van der Waals surface area (Å²) in [5.74, 6) is -1.88. The molecule has 0 fully saturated rings. The summed E-state index contributed by atoms with van der Waals surface area (Å²) in [6, 6.07) is 12.8. The van der Waals surface area contributed by atoms with Gasteiger partial charge in [-0.15, -0.1) is 0 Å². The molecule has 0 unspecified atom stereocenters. The highest BCUT2D eigenvalue weighted by molar-refractivity contribution is 5.88. The van der Waals surface area contributed by atoms with Crippen molar-refractivity contribution in [2.75, 3.05) is 0 Å². The zero-order valence-electron chi connectivity index (χ0n) is 9.98. The van der Waals surface area contributed by atoms with Crippen LogP contribution >= 0.6 is 0 Å². The summed E-state index contributed by atoms with van der Waals surface area (Å²) in [5, 5.41) is 8.94. The lowest BCUT2D eigenvalue weighted by atomic mass is 10.00. The van der Waals surface area contributed by atoms with E-state index in [9.17, 15) is 9.18 Å². The fourth-order valence-corrected chi connectivity index (χ4v) is 1.93. The van der Waals surface area contributed by atoms with Gasteiger partial charge in [-0.1, -0.05) is 36.4 Å². The van der Waals surface area contributed by atoms with Gasteiger partial charge < -0.3 is 5.11 Å². The van der Waals surface area contributed by atoms with E-state index in [-0.39, 0.29) is 5.56 Å². The molecule has 0 atom stereocenters. The van der Waals surface area contributed by atoms with E-state index in [0.717, 1.165) is 11.1 Å². The van der Waals surface area contributed by atoms with Crippen LogP contribution in [-0.2, 0) is 6.42 Å². The number of rotatable bonds is 3. The molecular formula is C15H13FO2. The van der Waals surface area contributed by atoms with Crippen LogP contribution in [0.15, 0.2) is 42.5 Å². The van der Waals surface area contributed by atoms with E-state index in [1.54, 1.807) is 13.0 Å². The molecule has 0 aromatic heterocycles. The standard InChI is InChI=1S/C15H13FO2/c1-10-7-12(8-11-5-3-2-4-6-11)9-13(14(10)16)15(17)18/h2-7,9H,8H2,1H3,(H,17,18). The van der Waals surface area contributed by atoms with Crippen molar-refractivity contribution in [3.63, 3.8) is 0 Å². The summed E-state index contributed by atoms with van der Waals surface area (Å²) < 4.78 is 13.6. The number of aromatic carboxylic acids is 1. The Morgan fingerprint density at radius 3 is 2.44 bits per heavy atom. The maximum Gasteiger partial charge on any atom is 0.338 e. The molecule has 0 saturated heterocycles. The Morgan fingerprint density at radius 1 is 1.17 bits per heavy atom. The molecule has 0 aliphatic carbocycles. The van der Waals surface area contributed by atoms with Crippen LogP contribution in [0.4, 0.5) is 4.39 Å². The summed E-state index contributed by atoms with van der Waals surface area (Å²) in [7, 11) is 0. The average Bonchev–Trinajstić information content (AvgIpc) is 2.34. The molecule has 0 aliphatic rings. The smallest absolute Gasteiger partial charge is 0.338 e. The maximum absolute atomic E-state index is 13.6. The Hall–Kier alpha value is -2.16. The Morgan fingerprint density at radius 2 is 1.83 bits per heavy atom. The summed E-state index contributed by atoms with van der Waals surface area (Å²) in [6.07, 6.45) is 0.599. The molecule has 0 radical (unpaired) electrons. The van der Waals surface area contributed by atoms with Crippen molar-refractivity contribution >= 4 is 5.97 Å². The molecule has 0 spiro atoms. The lowest BCUT2D eigenvalue weighted by molar-refractivity contribution is 0.0691. The van der Waals surface area contributed by atoms with Crippen LogP contribution in [0, 0.1) is 12.7 Å². The molecule has 1 N–H and O–H groups in total. The van der Waals surface area contributed by atoms with Gasteiger partial charge in [0.05, 0.1) is 5.56 Å². The van der Waals surface area contributed by atoms with Crippen molar-refractivity contribution in [1.29, 1.82) is 0 Å². The number of hydrogen-bond donors (Lipinski definition) is 1. The Kier molecular flexibility index (Phi) is 3.42. The van der Waals surface area contributed by atoms with Gasteiger partial charge in [-0.25, -0.2) is 9.18 Å². The number of halogens is 1. The predicted octanol–water partition coefficient (Wildman–Crippen LogP) is 3.42. The fraction of sp³-hybridized carbons (Fsp3) is 0.133. The van der Waals surface area contributed by atoms with Gasteiger partial charge >= 0.3 is 5.97 Å². The molecule has 92 valence electrons. The number of carbonyl (C=O) groups is 1. The minimum absolute atomic E-state index is 0.263. The predicted molar refractivity (Wildman–Crippen MR) is 67.3 cm³/mol. The lowest BCUT2D eigenvalue weighted by Gasteiger charge is -2.07. The molecule has 2 nitrogen and oxygen atoms in total. The summed E-state index contributed by atoms with van der Waals surface area (Å²) in [6.45, 7) is 1.58. The molecular weight excluding hydrogens is 231 g/mol. The van der Waals surface area contributed by atoms with E-state index in [1.165, 1.54) is 6.07 Å². The quantitative estimate of drug-likeness (QED) is 0.898. The van der Waals surface area contributed by atoms with Gasteiger partial charge in [0.1, 0.15) is 5.82 Å². The summed E-state index contributed by atoms with van der Waals surface area (Å²) >= 11 is 0. The van der Waals surface area contributed by atoms with Crippen molar-refractivity contribution in [1.82, 2.24) is 0 Å². The van der Waals surface area contributed by atoms with Gasteiger partial charge in [-0.2, -0.15) is 0 Å². The molecule has 0 bridgehead atoms. The molecule has 3 heteroatoms. The molecule has 0 saturated carbocycles. The van der Waals surface area contributed by atoms with Crippen LogP contribution in [0.1, 0.15) is 27.0 Å². The Bertz CT molecular complexity index is 577. The first-order valence-electron chi connectivity index (χ1n) is 5.64. The Labute approximate surface area is 105 Å². The van der Waals surface area contributed by atoms with Crippen molar-refractivity contribution in [3.05, 3.63) is 70.5 Å². The zero-order valence-corrected chi connectivity index (χ0v) is 9.98. The minimum atomic E-state index is -1.23. The average molecular weight is 244 g/mol. The second-order valence-electron chi connectivity index (χ2n) is 4.24. The highest BCUT2D eigenvalue weighted by atomic mass is 19.1. The van der Waals surface area contributed by atoms with Gasteiger partial charge in [0.25, 0.3) is 0 Å². The summed E-state index contributed by atoms with van der Waals surface area (Å²) in [4.78, 5) is 10.9. The largest absolute Gasteiger partial charge is 0.478 e. The first-order chi connectivity index (χ1) is 8.58. The first kappa shape index (κ1) is 12.3. The normalized spacial score (nSPS) is 10.3. The highest BCUT2D eigenvalue weighted by Crippen LogP contribution is 2.18. The lowest BCUT2D eigenvalue weighted by Crippen LogP contribution is -2.04. The van der Waals surface area contributed by atoms with E-state index in [1.807, 2.05) is 30.3 Å². The SMILES string of the molecule is Cc1cc(Cc2ccccc2)cc(C(=O)O)c1F. The van der Waals surface area contributed by atoms with Crippen LogP contribution in [0.2, 0.25) is 0 Å². The third kappa shape index (κ3) is 2.56. The third-order valence-corrected chi connectivity index (χ3v) is 2.80. The van der Waals surface area contributed by atoms with Gasteiger partial charge in [0.2, 0.25) is 0 Å². The summed E-state index contributed by atoms with van der Waals surface area (Å²) in [5.41, 5.74) is 1.97. The van der Waals surface area contributed by atoms with Crippen molar-refractivity contribution in [2.24, 2.45) is 0 Å². The number of aryl methyl sites for hydroxylation is 1. The van der Waals surface area contributed by atoms with Crippen LogP contribution in [0.5, 0.6) is 0 Å². The second kappa shape index (κ2) is 5.00. The molecule has 2 aromatic carbocycles. The second-order valence-corrected chi connectivity index (χ2v) is 4.24. The fourth-order valence-electron chi connectivity index (χ4n) is 1.93. The van der Waals surface area contributed by atoms with Crippen molar-refractivity contribution in [2.45, 2.75) is 13.3 Å². The third-order valence-electron chi connectivity index (χ3n) is 2.80. The first-order valence-corrected chi connectivity index (χ1v) is 5.64. The molecule has 18 heavy (non-hydrogen) atoms. The van der Waals surface area contributed by atoms with E-state index < -0.39 is 11.8 Å². The number of benzene rings is 2. The van der Waals surface area contributed by atoms with Gasteiger partial charge in [0, 0.05) is 0 Å². The van der Waals surface area contributed by atoms with Crippen molar-refractivity contribution in [3.8, 4) is 0 Å². The van der Waals surface area contributed by atoms with Gasteiger partial charge in [-0.05, 0) is 36.1 Å². The van der Waals surface area contributed by atoms with Crippen LogP contribution in [-0.4, -0.2) is 11.1 Å². The molecule has 0 amide bonds. The van der Waals surface area contributed by atoms with Crippen LogP contribution in [0.3, 0.4) is 0 Å². The van der Waals surface area contributed by atoms with E-state index in [0.29, 0.717) is 12.0 Å². The van der Waals surface area contributed by atoms with Crippen LogP contribution < -0.4 is 0 Å². The van der Waals surface area contributed by atoms with Crippen molar-refractivity contribution < 1.29 is 14.3 Å². The van der Waals surface area contributed by atoms with Gasteiger partial charge in [0.15, 0.2) is 0 Å². The van der Waals surface area contributed by atoms with E-state index in [2.05, 4.69) is 0 Å². The number of hydrogen-bond acceptors (Lipinski definition) is 1. The molecule has 2 rings (SSSR count). The topological polar surface area (TPSA) is 37.3 Å². The Balaban J connectivity index is 2.38. The van der Waals surface area contributed by atoms with E-state index >= 15 is 0 Å². The van der Waals surface area contributed by atoms with Crippen LogP contribution in [0.25, 0.3) is 0 Å². The molecule has 0 heterocycles. The highest BCUT2D eigenvalue weighted by Gasteiger charge is 2.14. The molecule has 2 aromatic rings. The number of carboxylic acid groups (broad SMARTS) is 1. The molecule has 0 aliphatic heterocycles.